The molecule has 36 heavy (non-hydrogen) atoms. The van der Waals surface area contributed by atoms with Gasteiger partial charge in [0.2, 0.25) is 5.91 Å². The Hall–Kier alpha value is -1.95. The molecule has 1 aliphatic carbocycles. The number of carbonyl (C=O) groups is 3. The van der Waals surface area contributed by atoms with Gasteiger partial charge in [-0.05, 0) is 63.3 Å². The summed E-state index contributed by atoms with van der Waals surface area (Å²) in [5.41, 5.74) is 2.56. The van der Waals surface area contributed by atoms with Gasteiger partial charge in [-0.25, -0.2) is 4.79 Å². The normalized spacial score (nSPS) is 13.9. The van der Waals surface area contributed by atoms with Crippen molar-refractivity contribution >= 4 is 83.4 Å². The predicted octanol–water partition coefficient (Wildman–Crippen LogP) is 5.79. The van der Waals surface area contributed by atoms with E-state index in [-0.39, 0.29) is 35.9 Å². The van der Waals surface area contributed by atoms with Crippen LogP contribution in [0.25, 0.3) is 10.2 Å². The van der Waals surface area contributed by atoms with Crippen LogP contribution in [0.5, 0.6) is 0 Å². The largest absolute Gasteiger partial charge is 0.462 e. The molecule has 0 saturated carbocycles. The van der Waals surface area contributed by atoms with Gasteiger partial charge in [-0.15, -0.1) is 23.1 Å². The van der Waals surface area contributed by atoms with Gasteiger partial charge in [0.15, 0.2) is 4.80 Å². The number of nitrogens with zero attached hydrogens (tertiary/aromatic N) is 2. The Morgan fingerprint density at radius 2 is 1.94 bits per heavy atom. The summed E-state index contributed by atoms with van der Waals surface area (Å²) in [6, 6.07) is 6.00. The number of ether oxygens (including phenoxy) is 1. The molecule has 0 saturated heterocycles. The minimum atomic E-state index is -0.381. The molecule has 2 heterocycles. The quantitative estimate of drug-likeness (QED) is 0.258. The minimum absolute atomic E-state index is 0.0965. The molecule has 11 heteroatoms. The number of anilines is 1. The lowest BCUT2D eigenvalue weighted by Gasteiger charge is -2.08. The molecule has 4 rings (SSSR count). The van der Waals surface area contributed by atoms with E-state index in [1.54, 1.807) is 6.92 Å². The number of benzene rings is 1. The van der Waals surface area contributed by atoms with Crippen LogP contribution in [0.2, 0.25) is 0 Å². The number of thioether (sulfide) groups is 1. The van der Waals surface area contributed by atoms with Gasteiger partial charge in [0.25, 0.3) is 5.91 Å². The Morgan fingerprint density at radius 3 is 2.72 bits per heavy atom. The smallest absolute Gasteiger partial charge is 0.341 e. The summed E-state index contributed by atoms with van der Waals surface area (Å²) >= 11 is 7.64. The zero-order valence-electron chi connectivity index (χ0n) is 20.2. The molecule has 0 atom stereocenters. The first-order valence-electron chi connectivity index (χ1n) is 12.0. The highest BCUT2D eigenvalue weighted by Gasteiger charge is 2.26. The van der Waals surface area contributed by atoms with Crippen molar-refractivity contribution in [2.45, 2.75) is 52.5 Å². The maximum absolute atomic E-state index is 12.7. The van der Waals surface area contributed by atoms with E-state index in [9.17, 15) is 14.4 Å². The number of carbonyl (C=O) groups excluding carboxylic acids is 3. The van der Waals surface area contributed by atoms with Crippen LogP contribution in [-0.2, 0) is 33.7 Å². The lowest BCUT2D eigenvalue weighted by molar-refractivity contribution is -0.115. The summed E-state index contributed by atoms with van der Waals surface area (Å²) in [6.45, 7) is 4.79. The molecule has 0 bridgehead atoms. The van der Waals surface area contributed by atoms with Crippen LogP contribution in [0.1, 0.15) is 53.9 Å². The van der Waals surface area contributed by atoms with E-state index in [1.807, 2.05) is 29.7 Å². The molecule has 0 aliphatic heterocycles. The van der Waals surface area contributed by atoms with Crippen molar-refractivity contribution in [3.05, 3.63) is 43.5 Å². The molecular formula is C25H28BrN3O4S3. The zero-order valence-corrected chi connectivity index (χ0v) is 24.3. The second-order valence-corrected chi connectivity index (χ2v) is 12.3. The Labute approximate surface area is 230 Å². The third-order valence-electron chi connectivity index (χ3n) is 5.79. The average molecular weight is 611 g/mol. The first-order chi connectivity index (χ1) is 17.4. The number of nitrogens with one attached hydrogen (secondary N) is 1. The molecule has 3 aromatic rings. The summed E-state index contributed by atoms with van der Waals surface area (Å²) < 4.78 is 9.33. The number of aromatic nitrogens is 1. The molecule has 2 aromatic heterocycles. The fraction of sp³-hybridized carbons (Fsp3) is 0.440. The van der Waals surface area contributed by atoms with Gasteiger partial charge in [-0.2, -0.15) is 4.99 Å². The van der Waals surface area contributed by atoms with Crippen LogP contribution in [0.15, 0.2) is 27.7 Å². The fourth-order valence-electron chi connectivity index (χ4n) is 4.22. The maximum Gasteiger partial charge on any atom is 0.341 e. The molecule has 0 unspecified atom stereocenters. The third kappa shape index (κ3) is 6.30. The van der Waals surface area contributed by atoms with Gasteiger partial charge in [0.1, 0.15) is 5.00 Å². The van der Waals surface area contributed by atoms with Crippen LogP contribution in [-0.4, -0.2) is 40.5 Å². The maximum atomic E-state index is 12.7. The van der Waals surface area contributed by atoms with Gasteiger partial charge >= 0.3 is 5.97 Å². The summed E-state index contributed by atoms with van der Waals surface area (Å²) in [6.07, 6.45) is 4.99. The number of thiazole rings is 1. The Morgan fingerprint density at radius 1 is 1.14 bits per heavy atom. The second-order valence-electron chi connectivity index (χ2n) is 8.28. The number of hydrogen-bond acceptors (Lipinski definition) is 7. The Bertz CT molecular complexity index is 1360. The van der Waals surface area contributed by atoms with E-state index >= 15 is 0 Å². The molecule has 192 valence electrons. The SMILES string of the molecule is CCOC(=O)c1c(NC(=O)CSCC(=O)N=c2sc3cc(Br)ccc3n2CC)sc2c1CCCCC2. The van der Waals surface area contributed by atoms with E-state index in [2.05, 4.69) is 26.2 Å². The standard InChI is InChI=1S/C25H28BrN3O4S3/c1-3-29-17-11-10-15(26)12-19(17)36-25(29)28-21(31)14-34-13-20(30)27-23-22(24(32)33-4-2)16-8-6-5-7-9-18(16)35-23/h10-12H,3-9,13-14H2,1-2H3,(H,27,30). The molecule has 0 spiro atoms. The highest BCUT2D eigenvalue weighted by atomic mass is 79.9. The van der Waals surface area contributed by atoms with Gasteiger partial charge in [0, 0.05) is 15.9 Å². The van der Waals surface area contributed by atoms with Crippen molar-refractivity contribution in [1.82, 2.24) is 4.57 Å². The molecule has 1 N–H and O–H groups in total. The number of thiophene rings is 1. The number of amides is 2. The number of rotatable bonds is 8. The van der Waals surface area contributed by atoms with Crippen molar-refractivity contribution in [2.75, 3.05) is 23.4 Å². The second kappa shape index (κ2) is 12.5. The minimum Gasteiger partial charge on any atom is -0.462 e. The lowest BCUT2D eigenvalue weighted by atomic mass is 10.1. The van der Waals surface area contributed by atoms with Crippen LogP contribution < -0.4 is 10.1 Å². The Balaban J connectivity index is 1.40. The van der Waals surface area contributed by atoms with Crippen molar-refractivity contribution in [3.63, 3.8) is 0 Å². The molecule has 7 nitrogen and oxygen atoms in total. The van der Waals surface area contributed by atoms with Crippen LogP contribution in [0, 0.1) is 0 Å². The van der Waals surface area contributed by atoms with Crippen LogP contribution in [0.3, 0.4) is 0 Å². The van der Waals surface area contributed by atoms with E-state index < -0.39 is 0 Å². The van der Waals surface area contributed by atoms with Crippen molar-refractivity contribution < 1.29 is 19.1 Å². The molecule has 0 radical (unpaired) electrons. The highest BCUT2D eigenvalue weighted by molar-refractivity contribution is 9.10. The van der Waals surface area contributed by atoms with Crippen LogP contribution in [0.4, 0.5) is 5.00 Å². The number of aryl methyl sites for hydroxylation is 2. The van der Waals surface area contributed by atoms with Gasteiger partial charge in [-0.1, -0.05) is 33.7 Å². The summed E-state index contributed by atoms with van der Waals surface area (Å²) in [5.74, 6) is -0.714. The molecular weight excluding hydrogens is 582 g/mol. The monoisotopic (exact) mass is 609 g/mol. The lowest BCUT2D eigenvalue weighted by Crippen LogP contribution is -2.19. The fourth-order valence-corrected chi connectivity index (χ4v) is 7.78. The first kappa shape index (κ1) is 27.1. The first-order valence-corrected chi connectivity index (χ1v) is 15.5. The predicted molar refractivity (Wildman–Crippen MR) is 151 cm³/mol. The van der Waals surface area contributed by atoms with Crippen LogP contribution >= 0.6 is 50.4 Å². The summed E-state index contributed by atoms with van der Waals surface area (Å²) in [5, 5.41) is 3.46. The van der Waals surface area contributed by atoms with E-state index in [0.717, 1.165) is 57.2 Å². The molecule has 2 amide bonds. The summed E-state index contributed by atoms with van der Waals surface area (Å²) in [7, 11) is 0. The average Bonchev–Trinajstić information content (AvgIpc) is 3.25. The molecule has 0 fully saturated rings. The van der Waals surface area contributed by atoms with Crippen molar-refractivity contribution in [1.29, 1.82) is 0 Å². The van der Waals surface area contributed by atoms with Gasteiger partial charge < -0.3 is 14.6 Å². The number of hydrogen-bond donors (Lipinski definition) is 1. The van der Waals surface area contributed by atoms with Gasteiger partial charge in [0.05, 0.1) is 33.9 Å². The van der Waals surface area contributed by atoms with Gasteiger partial charge in [-0.3, -0.25) is 9.59 Å². The molecule has 1 aliphatic rings. The number of fused-ring (bicyclic) bond motifs is 2. The zero-order chi connectivity index (χ0) is 25.7. The van der Waals surface area contributed by atoms with E-state index in [4.69, 9.17) is 4.74 Å². The highest BCUT2D eigenvalue weighted by Crippen LogP contribution is 2.38. The Kier molecular flexibility index (Phi) is 9.43. The molecule has 1 aromatic carbocycles. The topological polar surface area (TPSA) is 89.8 Å². The number of halogens is 1. The van der Waals surface area contributed by atoms with E-state index in [0.29, 0.717) is 21.9 Å². The van der Waals surface area contributed by atoms with E-state index in [1.165, 1.54) is 34.4 Å². The number of esters is 1. The van der Waals surface area contributed by atoms with Crippen molar-refractivity contribution in [3.8, 4) is 0 Å². The van der Waals surface area contributed by atoms with Crippen molar-refractivity contribution in [2.24, 2.45) is 4.99 Å². The summed E-state index contributed by atoms with van der Waals surface area (Å²) in [4.78, 5) is 44.0. The third-order valence-corrected chi connectivity index (χ3v) is 9.45.